The summed E-state index contributed by atoms with van der Waals surface area (Å²) in [5, 5.41) is 14.8. The van der Waals surface area contributed by atoms with Crippen molar-refractivity contribution in [2.75, 3.05) is 0 Å². The Morgan fingerprint density at radius 1 is 0.833 bits per heavy atom. The van der Waals surface area contributed by atoms with Gasteiger partial charge in [0.25, 0.3) is 0 Å². The Balaban J connectivity index is 0. The molecular weight excluding hydrogens is 302 g/mol. The number of carbonyl (C=O) groups excluding carboxylic acids is 1. The van der Waals surface area contributed by atoms with Crippen LogP contribution in [0.3, 0.4) is 0 Å². The molecule has 0 radical (unpaired) electrons. The molecular formula is C19H39N3O2. The standard InChI is InChI=1S/C18H34O2.CH5N3/c1-2-3-4-5-6-7-8-9-10-11-12-13-14-15-16-17-18(19)20;2-1(3)4/h9-10H,2-8,11-17H2,1H3,(H,19,20);(H5,2,3,4)/b10-9-;. The number of carbonyl (C=O) groups is 1. The number of guanidine groups is 1. The summed E-state index contributed by atoms with van der Waals surface area (Å²) in [4.78, 5) is 10.2. The van der Waals surface area contributed by atoms with Crippen molar-refractivity contribution >= 4 is 11.9 Å². The van der Waals surface area contributed by atoms with E-state index in [4.69, 9.17) is 0 Å². The largest absolute Gasteiger partial charge is 0.550 e. The van der Waals surface area contributed by atoms with Crippen LogP contribution in [-0.4, -0.2) is 11.9 Å². The zero-order valence-electron chi connectivity index (χ0n) is 15.6. The van der Waals surface area contributed by atoms with Crippen LogP contribution in [-0.2, 0) is 4.79 Å². The molecule has 0 fully saturated rings. The van der Waals surface area contributed by atoms with Gasteiger partial charge in [-0.05, 0) is 38.5 Å². The van der Waals surface area contributed by atoms with Crippen LogP contribution in [0.15, 0.2) is 12.2 Å². The maximum absolute atomic E-state index is 10.2. The van der Waals surface area contributed by atoms with E-state index in [-0.39, 0.29) is 12.4 Å². The molecule has 0 aliphatic carbocycles. The third-order valence-electron chi connectivity index (χ3n) is 3.64. The highest BCUT2D eigenvalue weighted by atomic mass is 16.4. The van der Waals surface area contributed by atoms with Gasteiger partial charge >= 0.3 is 5.96 Å². The Morgan fingerprint density at radius 2 is 1.21 bits per heavy atom. The second-order valence-corrected chi connectivity index (χ2v) is 6.21. The molecule has 0 atom stereocenters. The van der Waals surface area contributed by atoms with E-state index in [1.165, 1.54) is 64.2 Å². The molecule has 0 unspecified atom stereocenters. The minimum Gasteiger partial charge on any atom is -0.550 e. The molecule has 5 nitrogen and oxygen atoms in total. The van der Waals surface area contributed by atoms with Crippen LogP contribution in [0.5, 0.6) is 0 Å². The van der Waals surface area contributed by atoms with Gasteiger partial charge in [-0.3, -0.25) is 16.9 Å². The monoisotopic (exact) mass is 341 g/mol. The van der Waals surface area contributed by atoms with Gasteiger partial charge in [0.1, 0.15) is 0 Å². The van der Waals surface area contributed by atoms with E-state index in [9.17, 15) is 9.90 Å². The van der Waals surface area contributed by atoms with E-state index in [1.807, 2.05) is 0 Å². The van der Waals surface area contributed by atoms with Gasteiger partial charge in [0, 0.05) is 5.97 Å². The Morgan fingerprint density at radius 3 is 1.62 bits per heavy atom. The van der Waals surface area contributed by atoms with Gasteiger partial charge in [-0.2, -0.15) is 0 Å². The molecule has 0 saturated heterocycles. The Hall–Kier alpha value is -1.52. The highest BCUT2D eigenvalue weighted by Gasteiger charge is 1.91. The number of allylic oxidation sites excluding steroid dienone is 2. The maximum Gasteiger partial charge on any atom is 0.336 e. The smallest absolute Gasteiger partial charge is 0.336 e. The van der Waals surface area contributed by atoms with Crippen molar-refractivity contribution in [1.29, 1.82) is 0 Å². The fourth-order valence-corrected chi connectivity index (χ4v) is 2.34. The van der Waals surface area contributed by atoms with Crippen molar-refractivity contribution in [3.63, 3.8) is 0 Å². The normalized spacial score (nSPS) is 10.4. The Bertz CT molecular complexity index is 314. The molecule has 0 saturated carbocycles. The van der Waals surface area contributed by atoms with Crippen LogP contribution in [0, 0.1) is 0 Å². The first-order valence-corrected chi connectivity index (χ1v) is 9.48. The first kappa shape index (κ1) is 24.7. The second kappa shape index (κ2) is 21.5. The molecule has 0 aliphatic heterocycles. The molecule has 5 heteroatoms. The van der Waals surface area contributed by atoms with Crippen molar-refractivity contribution in [1.82, 2.24) is 0 Å². The van der Waals surface area contributed by atoms with Crippen molar-refractivity contribution in [3.8, 4) is 0 Å². The van der Waals surface area contributed by atoms with E-state index >= 15 is 0 Å². The lowest BCUT2D eigenvalue weighted by Gasteiger charge is -2.01. The summed E-state index contributed by atoms with van der Waals surface area (Å²) in [6.07, 6.45) is 20.9. The molecule has 24 heavy (non-hydrogen) atoms. The number of carboxylic acid groups (broad SMARTS) is 1. The average molecular weight is 342 g/mol. The number of nitrogens with two attached hydrogens (primary N) is 3. The summed E-state index contributed by atoms with van der Waals surface area (Å²) in [5.74, 6) is -0.998. The summed E-state index contributed by atoms with van der Waals surface area (Å²) >= 11 is 0. The quantitative estimate of drug-likeness (QED) is 0.182. The third-order valence-corrected chi connectivity index (χ3v) is 3.64. The summed E-state index contributed by atoms with van der Waals surface area (Å²) in [7, 11) is 0. The lowest BCUT2D eigenvalue weighted by molar-refractivity contribution is -0.305. The number of unbranched alkanes of at least 4 members (excludes halogenated alkanes) is 11. The van der Waals surface area contributed by atoms with Crippen molar-refractivity contribution in [2.24, 2.45) is 11.5 Å². The maximum atomic E-state index is 10.2. The Kier molecular flexibility index (Phi) is 22.1. The molecule has 0 aliphatic rings. The summed E-state index contributed by atoms with van der Waals surface area (Å²) in [6.45, 7) is 2.26. The molecule has 0 heterocycles. The minimum atomic E-state index is -0.914. The van der Waals surface area contributed by atoms with Gasteiger partial charge in [-0.25, -0.2) is 0 Å². The SMILES string of the molecule is CCCCCCCC/C=C\CCCCCCCC(=O)[O-].NC(N)=[NH2+]. The Labute approximate surface area is 148 Å². The molecule has 0 rings (SSSR count). The van der Waals surface area contributed by atoms with Crippen LogP contribution in [0.1, 0.15) is 96.8 Å². The number of carboxylic acids is 1. The van der Waals surface area contributed by atoms with Crippen molar-refractivity contribution in [2.45, 2.75) is 96.8 Å². The highest BCUT2D eigenvalue weighted by molar-refractivity contribution is 5.68. The van der Waals surface area contributed by atoms with E-state index in [1.54, 1.807) is 0 Å². The molecule has 0 amide bonds. The average Bonchev–Trinajstić information content (AvgIpc) is 2.50. The molecule has 0 aromatic heterocycles. The fourth-order valence-electron chi connectivity index (χ4n) is 2.34. The highest BCUT2D eigenvalue weighted by Crippen LogP contribution is 2.09. The van der Waals surface area contributed by atoms with Crippen LogP contribution >= 0.6 is 0 Å². The minimum absolute atomic E-state index is 0.0833. The van der Waals surface area contributed by atoms with Gasteiger partial charge in [-0.15, -0.1) is 0 Å². The zero-order valence-corrected chi connectivity index (χ0v) is 15.6. The van der Waals surface area contributed by atoms with E-state index in [2.05, 4.69) is 36.0 Å². The molecule has 0 aromatic carbocycles. The summed E-state index contributed by atoms with van der Waals surface area (Å²) in [6, 6.07) is 0. The van der Waals surface area contributed by atoms with Crippen molar-refractivity contribution < 1.29 is 15.3 Å². The van der Waals surface area contributed by atoms with Gasteiger partial charge in [-0.1, -0.05) is 70.4 Å². The molecule has 6 N–H and O–H groups in total. The van der Waals surface area contributed by atoms with Gasteiger partial charge in [0.2, 0.25) is 0 Å². The molecule has 0 bridgehead atoms. The third kappa shape index (κ3) is 32.4. The van der Waals surface area contributed by atoms with E-state index in [0.29, 0.717) is 0 Å². The second-order valence-electron chi connectivity index (χ2n) is 6.21. The molecule has 0 aromatic rings. The first-order valence-electron chi connectivity index (χ1n) is 9.48. The zero-order chi connectivity index (χ0) is 18.5. The van der Waals surface area contributed by atoms with Crippen LogP contribution in [0.2, 0.25) is 0 Å². The predicted octanol–water partition coefficient (Wildman–Crippen LogP) is 1.79. The molecule has 0 spiro atoms. The van der Waals surface area contributed by atoms with Crippen LogP contribution in [0.4, 0.5) is 0 Å². The first-order chi connectivity index (χ1) is 11.5. The van der Waals surface area contributed by atoms with Crippen LogP contribution in [0.25, 0.3) is 0 Å². The lowest BCUT2D eigenvalue weighted by Crippen LogP contribution is -2.51. The van der Waals surface area contributed by atoms with Crippen LogP contribution < -0.4 is 22.0 Å². The summed E-state index contributed by atoms with van der Waals surface area (Å²) in [5.41, 5.74) is 9.17. The van der Waals surface area contributed by atoms with Gasteiger partial charge in [0.05, 0.1) is 0 Å². The topological polar surface area (TPSA) is 118 Å². The molecule has 142 valence electrons. The summed E-state index contributed by atoms with van der Waals surface area (Å²) < 4.78 is 0. The van der Waals surface area contributed by atoms with Crippen molar-refractivity contribution in [3.05, 3.63) is 12.2 Å². The van der Waals surface area contributed by atoms with Gasteiger partial charge < -0.3 is 9.90 Å². The predicted molar refractivity (Wildman–Crippen MR) is 99.8 cm³/mol. The number of rotatable bonds is 15. The van der Waals surface area contributed by atoms with Gasteiger partial charge in [0.15, 0.2) is 0 Å². The number of hydrogen-bond acceptors (Lipinski definition) is 2. The van der Waals surface area contributed by atoms with E-state index in [0.717, 1.165) is 19.3 Å². The lowest BCUT2D eigenvalue weighted by atomic mass is 10.1. The number of hydrogen-bond donors (Lipinski definition) is 3. The fraction of sp³-hybridized carbons (Fsp3) is 0.789. The van der Waals surface area contributed by atoms with E-state index < -0.39 is 5.97 Å². The number of aliphatic carboxylic acids is 1.